The van der Waals surface area contributed by atoms with Crippen molar-refractivity contribution in [3.05, 3.63) is 35.4 Å². The molecule has 5 heteroatoms. The lowest BCUT2D eigenvalue weighted by Gasteiger charge is -2.31. The Morgan fingerprint density at radius 2 is 1.90 bits per heavy atom. The van der Waals surface area contributed by atoms with Crippen LogP contribution in [0.5, 0.6) is 0 Å². The van der Waals surface area contributed by atoms with Crippen LogP contribution in [-0.4, -0.2) is 44.1 Å². The summed E-state index contributed by atoms with van der Waals surface area (Å²) in [7, 11) is 2.81. The molecule has 0 bridgehead atoms. The Morgan fingerprint density at radius 3 is 2.52 bits per heavy atom. The van der Waals surface area contributed by atoms with E-state index in [2.05, 4.69) is 9.64 Å². The summed E-state index contributed by atoms with van der Waals surface area (Å²) < 4.78 is 9.50. The number of rotatable bonds is 4. The van der Waals surface area contributed by atoms with Crippen LogP contribution in [0.1, 0.15) is 28.8 Å². The second kappa shape index (κ2) is 7.22. The number of carbonyl (C=O) groups is 2. The van der Waals surface area contributed by atoms with Crippen LogP contribution in [0.2, 0.25) is 0 Å². The molecule has 21 heavy (non-hydrogen) atoms. The molecule has 0 spiro atoms. The average Bonchev–Trinajstić information content (AvgIpc) is 2.54. The van der Waals surface area contributed by atoms with Crippen molar-refractivity contribution in [1.82, 2.24) is 4.90 Å². The number of likely N-dealkylation sites (tertiary alicyclic amines) is 1. The van der Waals surface area contributed by atoms with Crippen molar-refractivity contribution in [2.24, 2.45) is 5.92 Å². The summed E-state index contributed by atoms with van der Waals surface area (Å²) in [6.07, 6.45) is 1.89. The van der Waals surface area contributed by atoms with E-state index in [9.17, 15) is 9.59 Å². The van der Waals surface area contributed by atoms with Crippen LogP contribution in [0.4, 0.5) is 0 Å². The van der Waals surface area contributed by atoms with Gasteiger partial charge in [0, 0.05) is 13.1 Å². The van der Waals surface area contributed by atoms with Crippen LogP contribution in [0.25, 0.3) is 0 Å². The monoisotopic (exact) mass is 291 g/mol. The van der Waals surface area contributed by atoms with Crippen LogP contribution in [0, 0.1) is 5.92 Å². The zero-order valence-electron chi connectivity index (χ0n) is 12.5. The highest BCUT2D eigenvalue weighted by molar-refractivity contribution is 5.89. The molecule has 5 nitrogen and oxygen atoms in total. The fourth-order valence-electron chi connectivity index (χ4n) is 2.68. The van der Waals surface area contributed by atoms with Gasteiger partial charge in [0.05, 0.1) is 25.7 Å². The van der Waals surface area contributed by atoms with Gasteiger partial charge < -0.3 is 9.47 Å². The molecule has 1 unspecified atom stereocenters. The largest absolute Gasteiger partial charge is 0.469 e. The first-order valence-corrected chi connectivity index (χ1v) is 7.11. The second-order valence-electron chi connectivity index (χ2n) is 5.29. The first kappa shape index (κ1) is 15.5. The molecule has 1 aliphatic rings. The number of esters is 2. The normalized spacial score (nSPS) is 19.0. The minimum Gasteiger partial charge on any atom is -0.469 e. The minimum atomic E-state index is -0.328. The lowest BCUT2D eigenvalue weighted by molar-refractivity contribution is -0.147. The highest BCUT2D eigenvalue weighted by Gasteiger charge is 2.26. The van der Waals surface area contributed by atoms with Crippen molar-refractivity contribution in [3.63, 3.8) is 0 Å². The van der Waals surface area contributed by atoms with Crippen molar-refractivity contribution in [1.29, 1.82) is 0 Å². The Bertz CT molecular complexity index is 498. The van der Waals surface area contributed by atoms with E-state index in [1.54, 1.807) is 12.1 Å². The summed E-state index contributed by atoms with van der Waals surface area (Å²) in [4.78, 5) is 25.2. The van der Waals surface area contributed by atoms with Crippen LogP contribution >= 0.6 is 0 Å². The third-order valence-electron chi connectivity index (χ3n) is 3.82. The van der Waals surface area contributed by atoms with Gasteiger partial charge in [-0.25, -0.2) is 4.79 Å². The molecule has 1 saturated heterocycles. The quantitative estimate of drug-likeness (QED) is 0.793. The number of methoxy groups -OCH3 is 2. The standard InChI is InChI=1S/C16H21NO4/c1-20-15(18)13-7-5-12(6-8-13)10-17-9-3-4-14(11-17)16(19)21-2/h5-8,14H,3-4,9-11H2,1-2H3. The molecule has 1 fully saturated rings. The topological polar surface area (TPSA) is 55.8 Å². The molecular weight excluding hydrogens is 270 g/mol. The Morgan fingerprint density at radius 1 is 1.19 bits per heavy atom. The number of carbonyl (C=O) groups excluding carboxylic acids is 2. The predicted molar refractivity (Wildman–Crippen MR) is 77.8 cm³/mol. The highest BCUT2D eigenvalue weighted by Crippen LogP contribution is 2.19. The van der Waals surface area contributed by atoms with Crippen LogP contribution in [0.3, 0.4) is 0 Å². The Kier molecular flexibility index (Phi) is 5.33. The van der Waals surface area contributed by atoms with Crippen molar-refractivity contribution < 1.29 is 19.1 Å². The lowest BCUT2D eigenvalue weighted by atomic mass is 9.97. The van der Waals surface area contributed by atoms with Crippen LogP contribution in [0.15, 0.2) is 24.3 Å². The first-order valence-electron chi connectivity index (χ1n) is 7.11. The van der Waals surface area contributed by atoms with Crippen molar-refractivity contribution in [3.8, 4) is 0 Å². The maximum absolute atomic E-state index is 11.6. The van der Waals surface area contributed by atoms with E-state index < -0.39 is 0 Å². The Balaban J connectivity index is 1.95. The number of hydrogen-bond donors (Lipinski definition) is 0. The lowest BCUT2D eigenvalue weighted by Crippen LogP contribution is -2.38. The van der Waals surface area contributed by atoms with E-state index in [-0.39, 0.29) is 17.9 Å². The van der Waals surface area contributed by atoms with Crippen LogP contribution < -0.4 is 0 Å². The van der Waals surface area contributed by atoms with E-state index in [4.69, 9.17) is 4.74 Å². The molecule has 2 rings (SSSR count). The Hall–Kier alpha value is -1.88. The molecule has 0 radical (unpaired) electrons. The van der Waals surface area contributed by atoms with Gasteiger partial charge in [-0.2, -0.15) is 0 Å². The molecular formula is C16H21NO4. The third kappa shape index (κ3) is 4.04. The van der Waals surface area contributed by atoms with E-state index in [1.165, 1.54) is 14.2 Å². The van der Waals surface area contributed by atoms with E-state index >= 15 is 0 Å². The molecule has 0 amide bonds. The SMILES string of the molecule is COC(=O)c1ccc(CN2CCCC(C(=O)OC)C2)cc1. The minimum absolute atomic E-state index is 0.0295. The van der Waals surface area contributed by atoms with Gasteiger partial charge >= 0.3 is 11.9 Å². The molecule has 0 saturated carbocycles. The zero-order chi connectivity index (χ0) is 15.2. The summed E-state index contributed by atoms with van der Waals surface area (Å²) in [5.74, 6) is -0.482. The molecule has 0 N–H and O–H groups in total. The van der Waals surface area contributed by atoms with Crippen LogP contribution in [-0.2, 0) is 20.8 Å². The summed E-state index contributed by atoms with van der Waals surface area (Å²) in [5, 5.41) is 0. The number of nitrogens with zero attached hydrogens (tertiary/aromatic N) is 1. The number of benzene rings is 1. The summed E-state index contributed by atoms with van der Waals surface area (Å²) >= 11 is 0. The zero-order valence-corrected chi connectivity index (χ0v) is 12.5. The molecule has 0 aromatic heterocycles. The fourth-order valence-corrected chi connectivity index (χ4v) is 2.68. The molecule has 1 aromatic carbocycles. The average molecular weight is 291 g/mol. The van der Waals surface area contributed by atoms with E-state index in [1.807, 2.05) is 12.1 Å². The molecule has 0 aliphatic carbocycles. The maximum Gasteiger partial charge on any atom is 0.337 e. The van der Waals surface area contributed by atoms with Crippen molar-refractivity contribution in [2.45, 2.75) is 19.4 Å². The van der Waals surface area contributed by atoms with Gasteiger partial charge in [0.15, 0.2) is 0 Å². The summed E-state index contributed by atoms with van der Waals surface area (Å²) in [5.41, 5.74) is 1.67. The van der Waals surface area contributed by atoms with Gasteiger partial charge in [0.1, 0.15) is 0 Å². The fraction of sp³-hybridized carbons (Fsp3) is 0.500. The van der Waals surface area contributed by atoms with Gasteiger partial charge in [-0.1, -0.05) is 12.1 Å². The third-order valence-corrected chi connectivity index (χ3v) is 3.82. The summed E-state index contributed by atoms with van der Waals surface area (Å²) in [6.45, 7) is 2.48. The molecule has 114 valence electrons. The molecule has 1 aromatic rings. The maximum atomic E-state index is 11.6. The first-order chi connectivity index (χ1) is 10.1. The Labute approximate surface area is 124 Å². The number of ether oxygens (including phenoxy) is 2. The second-order valence-corrected chi connectivity index (χ2v) is 5.29. The van der Waals surface area contributed by atoms with Crippen molar-refractivity contribution >= 4 is 11.9 Å². The smallest absolute Gasteiger partial charge is 0.337 e. The molecule has 1 aliphatic heterocycles. The summed E-state index contributed by atoms with van der Waals surface area (Å²) in [6, 6.07) is 7.38. The van der Waals surface area contributed by atoms with Gasteiger partial charge in [-0.05, 0) is 37.1 Å². The van der Waals surface area contributed by atoms with Gasteiger partial charge in [-0.3, -0.25) is 9.69 Å². The predicted octanol–water partition coefficient (Wildman–Crippen LogP) is 1.86. The molecule has 1 atom stereocenters. The molecule has 1 heterocycles. The van der Waals surface area contributed by atoms with Gasteiger partial charge in [0.25, 0.3) is 0 Å². The van der Waals surface area contributed by atoms with Gasteiger partial charge in [-0.15, -0.1) is 0 Å². The number of hydrogen-bond acceptors (Lipinski definition) is 5. The van der Waals surface area contributed by atoms with E-state index in [0.29, 0.717) is 5.56 Å². The van der Waals surface area contributed by atoms with Crippen molar-refractivity contribution in [2.75, 3.05) is 27.3 Å². The highest BCUT2D eigenvalue weighted by atomic mass is 16.5. The van der Waals surface area contributed by atoms with E-state index in [0.717, 1.165) is 38.0 Å². The van der Waals surface area contributed by atoms with Gasteiger partial charge in [0.2, 0.25) is 0 Å². The number of piperidine rings is 1.